The van der Waals surface area contributed by atoms with Gasteiger partial charge in [0.15, 0.2) is 11.6 Å². The number of halogens is 2. The minimum Gasteiger partial charge on any atom is -0.443 e. The third-order valence-electron chi connectivity index (χ3n) is 8.31. The van der Waals surface area contributed by atoms with Crippen molar-refractivity contribution < 1.29 is 32.9 Å². The summed E-state index contributed by atoms with van der Waals surface area (Å²) in [5.41, 5.74) is 1.06. The van der Waals surface area contributed by atoms with Crippen molar-refractivity contribution in [2.75, 3.05) is 4.90 Å². The smallest absolute Gasteiger partial charge is 0.425 e. The van der Waals surface area contributed by atoms with E-state index in [1.165, 1.54) is 12.1 Å². The number of aromatic nitrogens is 3. The second-order valence-corrected chi connectivity index (χ2v) is 16.0. The van der Waals surface area contributed by atoms with Gasteiger partial charge in [0.25, 0.3) is 0 Å². The van der Waals surface area contributed by atoms with E-state index in [0.717, 1.165) is 21.5 Å². The summed E-state index contributed by atoms with van der Waals surface area (Å²) in [6.45, 7) is 16.0. The minimum absolute atomic E-state index is 0.0587. The number of imide groups is 1. The van der Waals surface area contributed by atoms with Crippen molar-refractivity contribution in [1.82, 2.24) is 14.5 Å². The first kappa shape index (κ1) is 35.0. The lowest BCUT2D eigenvalue weighted by Gasteiger charge is -2.28. The molecule has 1 aromatic carbocycles. The van der Waals surface area contributed by atoms with Crippen molar-refractivity contribution in [3.63, 3.8) is 0 Å². The normalized spacial score (nSPS) is 21.0. The molecule has 2 amide bonds. The van der Waals surface area contributed by atoms with Gasteiger partial charge in [-0.2, -0.15) is 4.90 Å². The van der Waals surface area contributed by atoms with Crippen LogP contribution in [0.2, 0.25) is 0 Å². The zero-order valence-corrected chi connectivity index (χ0v) is 30.8. The molecular formula is C37H42BrFN4O6. The number of ether oxygens (including phenoxy) is 4. The summed E-state index contributed by atoms with van der Waals surface area (Å²) in [6, 6.07) is 10.6. The van der Waals surface area contributed by atoms with Crippen LogP contribution in [0.15, 0.2) is 64.9 Å². The number of carbonyl (C=O) groups is 2. The number of fused-ring (bicyclic) bond motifs is 3. The average Bonchev–Trinajstić information content (AvgIpc) is 3.62. The Balaban J connectivity index is 1.35. The summed E-state index contributed by atoms with van der Waals surface area (Å²) >= 11 is 3.40. The van der Waals surface area contributed by atoms with Crippen LogP contribution < -0.4 is 4.90 Å². The molecule has 260 valence electrons. The third-order valence-corrected chi connectivity index (χ3v) is 8.89. The van der Waals surface area contributed by atoms with Gasteiger partial charge >= 0.3 is 12.2 Å². The first-order valence-corrected chi connectivity index (χ1v) is 17.1. The van der Waals surface area contributed by atoms with E-state index in [9.17, 15) is 9.59 Å². The molecule has 0 bridgehead atoms. The van der Waals surface area contributed by atoms with E-state index in [-0.39, 0.29) is 45.4 Å². The first-order valence-electron chi connectivity index (χ1n) is 16.3. The summed E-state index contributed by atoms with van der Waals surface area (Å²) in [6.07, 6.45) is 3.97. The summed E-state index contributed by atoms with van der Waals surface area (Å²) in [5, 5.41) is 1.26. The van der Waals surface area contributed by atoms with Crippen LogP contribution in [0.1, 0.15) is 73.9 Å². The number of anilines is 1. The third kappa shape index (κ3) is 7.22. The molecule has 0 N–H and O–H groups in total. The van der Waals surface area contributed by atoms with Crippen molar-refractivity contribution in [2.45, 2.75) is 104 Å². The van der Waals surface area contributed by atoms with Gasteiger partial charge in [0.05, 0.1) is 16.0 Å². The molecule has 6 rings (SSSR count). The maximum atomic E-state index is 15.7. The molecule has 1 aliphatic heterocycles. The van der Waals surface area contributed by atoms with Crippen LogP contribution in [0, 0.1) is 11.7 Å². The minimum atomic E-state index is -0.968. The van der Waals surface area contributed by atoms with Gasteiger partial charge in [-0.25, -0.2) is 23.9 Å². The van der Waals surface area contributed by atoms with Gasteiger partial charge < -0.3 is 23.5 Å². The molecule has 0 spiro atoms. The highest BCUT2D eigenvalue weighted by Crippen LogP contribution is 2.47. The predicted octanol–water partition coefficient (Wildman–Crippen LogP) is 9.04. The lowest BCUT2D eigenvalue weighted by molar-refractivity contribution is -0.148. The molecule has 10 nitrogen and oxygen atoms in total. The van der Waals surface area contributed by atoms with Crippen molar-refractivity contribution in [3.05, 3.63) is 76.3 Å². The molecule has 49 heavy (non-hydrogen) atoms. The molecule has 12 heteroatoms. The Labute approximate surface area is 293 Å². The Morgan fingerprint density at radius 3 is 2.39 bits per heavy atom. The predicted molar refractivity (Wildman–Crippen MR) is 188 cm³/mol. The monoisotopic (exact) mass is 736 g/mol. The molecule has 4 heterocycles. The quantitative estimate of drug-likeness (QED) is 0.187. The van der Waals surface area contributed by atoms with Gasteiger partial charge in [-0.1, -0.05) is 13.0 Å². The van der Waals surface area contributed by atoms with E-state index >= 15 is 4.39 Å². The molecule has 4 atom stereocenters. The van der Waals surface area contributed by atoms with E-state index in [0.29, 0.717) is 12.0 Å². The van der Waals surface area contributed by atoms with Gasteiger partial charge in [-0.05, 0) is 131 Å². The van der Waals surface area contributed by atoms with E-state index in [2.05, 4.69) is 43.5 Å². The molecule has 0 radical (unpaired) electrons. The zero-order valence-electron chi connectivity index (χ0n) is 29.2. The van der Waals surface area contributed by atoms with Gasteiger partial charge in [0.1, 0.15) is 34.9 Å². The Morgan fingerprint density at radius 1 is 1.06 bits per heavy atom. The molecule has 1 aliphatic carbocycles. The Bertz CT molecular complexity index is 1950. The van der Waals surface area contributed by atoms with Crippen molar-refractivity contribution in [2.24, 2.45) is 5.92 Å². The largest absolute Gasteiger partial charge is 0.443 e. The van der Waals surface area contributed by atoms with Crippen LogP contribution in [0.3, 0.4) is 0 Å². The lowest BCUT2D eigenvalue weighted by Crippen LogP contribution is -2.44. The fourth-order valence-corrected chi connectivity index (χ4v) is 6.95. The summed E-state index contributed by atoms with van der Waals surface area (Å²) < 4.78 is 42.0. The van der Waals surface area contributed by atoms with Crippen LogP contribution in [0.25, 0.3) is 21.9 Å². The Hall–Kier alpha value is -3.87. The van der Waals surface area contributed by atoms with Gasteiger partial charge in [0, 0.05) is 23.2 Å². The van der Waals surface area contributed by atoms with E-state index in [1.54, 1.807) is 53.8 Å². The van der Waals surface area contributed by atoms with Gasteiger partial charge in [-0.3, -0.25) is 0 Å². The molecule has 1 saturated heterocycles. The number of benzene rings is 1. The first-order chi connectivity index (χ1) is 22.8. The fourth-order valence-electron chi connectivity index (χ4n) is 6.45. The number of nitrogens with zero attached hydrogens (tertiary/aromatic N) is 4. The number of pyridine rings is 2. The molecule has 0 saturated carbocycles. The van der Waals surface area contributed by atoms with E-state index in [4.69, 9.17) is 18.9 Å². The lowest BCUT2D eigenvalue weighted by atomic mass is 9.91. The molecule has 1 unspecified atom stereocenters. The van der Waals surface area contributed by atoms with Crippen molar-refractivity contribution in [3.8, 4) is 0 Å². The van der Waals surface area contributed by atoms with Crippen LogP contribution in [0.5, 0.6) is 0 Å². The number of carbonyl (C=O) groups excluding carboxylic acids is 2. The SMILES string of the molecule is CC(Cc1cc(F)c2cc(Br)c(N(C(=O)OC(C)(C)C)C(=O)OC(C)(C)C)nc2c1)C1=C[C@@H](n2ccc3cccnc32)[C@@H]2OC(C)(C)O[C@H]12. The zero-order chi connectivity index (χ0) is 35.6. The topological polar surface area (TPSA) is 105 Å². The summed E-state index contributed by atoms with van der Waals surface area (Å²) in [7, 11) is 0. The van der Waals surface area contributed by atoms with Crippen molar-refractivity contribution >= 4 is 55.9 Å². The van der Waals surface area contributed by atoms with E-state index < -0.39 is 35.0 Å². The van der Waals surface area contributed by atoms with Crippen LogP contribution in [-0.2, 0) is 25.4 Å². The van der Waals surface area contributed by atoms with Crippen LogP contribution in [-0.4, -0.2) is 55.9 Å². The molecule has 4 aromatic rings. The van der Waals surface area contributed by atoms with Crippen LogP contribution >= 0.6 is 15.9 Å². The number of hydrogen-bond acceptors (Lipinski definition) is 8. The maximum absolute atomic E-state index is 15.7. The molecular weight excluding hydrogens is 695 g/mol. The fraction of sp³-hybridized carbons (Fsp3) is 0.459. The molecule has 3 aromatic heterocycles. The number of hydrogen-bond donors (Lipinski definition) is 0. The summed E-state index contributed by atoms with van der Waals surface area (Å²) in [4.78, 5) is 36.7. The number of amides is 2. The van der Waals surface area contributed by atoms with Crippen LogP contribution in [0.4, 0.5) is 19.8 Å². The highest BCUT2D eigenvalue weighted by atomic mass is 79.9. The standard InChI is InChI=1S/C37H42BrFN4O6/c1-20(23-19-28(30-29(23)46-37(8,9)47-30)42-14-12-22-11-10-13-40-31(22)42)15-21-16-26(39)24-18-25(38)32(41-27(24)17-21)43(33(44)48-35(2,3)4)34(45)49-36(5,6)7/h10-14,16-20,28-30H,15H2,1-9H3/t20?,28-,29-,30+/m1/s1. The Morgan fingerprint density at radius 2 is 1.73 bits per heavy atom. The Kier molecular flexibility index (Phi) is 8.90. The highest BCUT2D eigenvalue weighted by Gasteiger charge is 2.51. The second kappa shape index (κ2) is 12.5. The average molecular weight is 738 g/mol. The number of rotatable bonds is 5. The molecule has 1 fully saturated rings. The second-order valence-electron chi connectivity index (χ2n) is 15.2. The van der Waals surface area contributed by atoms with Gasteiger partial charge in [-0.15, -0.1) is 0 Å². The summed E-state index contributed by atoms with van der Waals surface area (Å²) in [5.74, 6) is -1.39. The molecule has 2 aliphatic rings. The maximum Gasteiger partial charge on any atom is 0.425 e. The van der Waals surface area contributed by atoms with Gasteiger partial charge in [0.2, 0.25) is 0 Å². The van der Waals surface area contributed by atoms with Crippen molar-refractivity contribution in [1.29, 1.82) is 0 Å². The van der Waals surface area contributed by atoms with E-state index in [1.807, 2.05) is 38.2 Å². The highest BCUT2D eigenvalue weighted by molar-refractivity contribution is 9.10.